The Bertz CT molecular complexity index is 935. The number of amides is 1. The van der Waals surface area contributed by atoms with Gasteiger partial charge in [0.1, 0.15) is 6.54 Å². The van der Waals surface area contributed by atoms with Gasteiger partial charge in [-0.05, 0) is 30.7 Å². The van der Waals surface area contributed by atoms with Crippen molar-refractivity contribution in [2.45, 2.75) is 19.5 Å². The molecular formula is C19H17BrN2O2. The topological polar surface area (TPSA) is 51.1 Å². The minimum atomic E-state index is -0.0979. The summed E-state index contributed by atoms with van der Waals surface area (Å²) >= 11 is 3.37. The Hall–Kier alpha value is -2.40. The molecule has 1 aromatic heterocycles. The molecule has 0 bridgehead atoms. The van der Waals surface area contributed by atoms with Gasteiger partial charge in [-0.1, -0.05) is 46.3 Å². The van der Waals surface area contributed by atoms with Gasteiger partial charge in [0.2, 0.25) is 5.91 Å². The van der Waals surface area contributed by atoms with Gasteiger partial charge in [0.25, 0.3) is 0 Å². The summed E-state index contributed by atoms with van der Waals surface area (Å²) in [6.45, 7) is 2.11. The summed E-state index contributed by atoms with van der Waals surface area (Å²) in [6.07, 6.45) is 1.66. The summed E-state index contributed by atoms with van der Waals surface area (Å²) < 4.78 is 2.63. The zero-order chi connectivity index (χ0) is 17.1. The molecule has 1 heterocycles. The summed E-state index contributed by atoms with van der Waals surface area (Å²) in [5.41, 5.74) is 1.74. The van der Waals surface area contributed by atoms with Crippen molar-refractivity contribution < 1.29 is 4.79 Å². The Morgan fingerprint density at radius 1 is 1.17 bits per heavy atom. The third-order valence-corrected chi connectivity index (χ3v) is 4.42. The molecular weight excluding hydrogens is 368 g/mol. The van der Waals surface area contributed by atoms with E-state index in [1.807, 2.05) is 49.4 Å². The molecule has 0 aliphatic heterocycles. The normalized spacial score (nSPS) is 12.1. The van der Waals surface area contributed by atoms with E-state index < -0.39 is 0 Å². The smallest absolute Gasteiger partial charge is 0.240 e. The van der Waals surface area contributed by atoms with Gasteiger partial charge in [-0.2, -0.15) is 0 Å². The predicted molar refractivity (Wildman–Crippen MR) is 98.9 cm³/mol. The van der Waals surface area contributed by atoms with E-state index in [9.17, 15) is 9.59 Å². The van der Waals surface area contributed by atoms with E-state index in [2.05, 4.69) is 21.2 Å². The first kappa shape index (κ1) is 16.5. The number of aromatic nitrogens is 1. The second kappa shape index (κ2) is 7.01. The van der Waals surface area contributed by atoms with Gasteiger partial charge in [-0.15, -0.1) is 0 Å². The number of pyridine rings is 1. The highest BCUT2D eigenvalue weighted by molar-refractivity contribution is 9.10. The standard InChI is InChI=1S/C19H17BrN2O2/c1-13(14-5-3-2-4-6-14)21-19(24)12-22-10-9-18(23)16-11-15(20)7-8-17(16)22/h2-11,13H,12H2,1H3,(H,21,24)/t13-/m1/s1. The van der Waals surface area contributed by atoms with Gasteiger partial charge in [0, 0.05) is 22.1 Å². The van der Waals surface area contributed by atoms with E-state index in [1.54, 1.807) is 16.8 Å². The number of nitrogens with one attached hydrogen (secondary N) is 1. The van der Waals surface area contributed by atoms with Crippen molar-refractivity contribution in [3.63, 3.8) is 0 Å². The lowest BCUT2D eigenvalue weighted by molar-refractivity contribution is -0.122. The van der Waals surface area contributed by atoms with E-state index in [4.69, 9.17) is 0 Å². The van der Waals surface area contributed by atoms with Crippen LogP contribution in [0.3, 0.4) is 0 Å². The van der Waals surface area contributed by atoms with Crippen molar-refractivity contribution >= 4 is 32.7 Å². The average molecular weight is 385 g/mol. The predicted octanol–water partition coefficient (Wildman–Crippen LogP) is 3.64. The summed E-state index contributed by atoms with van der Waals surface area (Å²) in [4.78, 5) is 24.4. The first-order chi connectivity index (χ1) is 11.5. The van der Waals surface area contributed by atoms with E-state index in [0.29, 0.717) is 5.39 Å². The third-order valence-electron chi connectivity index (χ3n) is 3.93. The first-order valence-corrected chi connectivity index (χ1v) is 8.47. The SMILES string of the molecule is C[C@@H](NC(=O)Cn1ccc(=O)c2cc(Br)ccc21)c1ccccc1. The first-order valence-electron chi connectivity index (χ1n) is 7.67. The fraction of sp³-hybridized carbons (Fsp3) is 0.158. The van der Waals surface area contributed by atoms with Crippen LogP contribution in [0, 0.1) is 0 Å². The maximum atomic E-state index is 12.4. The Labute approximate surface area is 148 Å². The Balaban J connectivity index is 1.81. The van der Waals surface area contributed by atoms with Crippen LogP contribution in [0.4, 0.5) is 0 Å². The van der Waals surface area contributed by atoms with Crippen molar-refractivity contribution in [3.8, 4) is 0 Å². The lowest BCUT2D eigenvalue weighted by Gasteiger charge is -2.16. The lowest BCUT2D eigenvalue weighted by atomic mass is 10.1. The highest BCUT2D eigenvalue weighted by Gasteiger charge is 2.11. The highest BCUT2D eigenvalue weighted by Crippen LogP contribution is 2.17. The van der Waals surface area contributed by atoms with E-state index in [0.717, 1.165) is 15.6 Å². The van der Waals surface area contributed by atoms with Crippen molar-refractivity contribution in [1.82, 2.24) is 9.88 Å². The fourth-order valence-electron chi connectivity index (χ4n) is 2.69. The lowest BCUT2D eigenvalue weighted by Crippen LogP contribution is -2.30. The molecule has 3 rings (SSSR count). The molecule has 1 N–H and O–H groups in total. The average Bonchev–Trinajstić information content (AvgIpc) is 2.58. The molecule has 0 spiro atoms. The fourth-order valence-corrected chi connectivity index (χ4v) is 3.05. The third kappa shape index (κ3) is 3.57. The monoisotopic (exact) mass is 384 g/mol. The molecule has 0 fully saturated rings. The maximum Gasteiger partial charge on any atom is 0.240 e. The van der Waals surface area contributed by atoms with Crippen molar-refractivity contribution in [2.75, 3.05) is 0 Å². The largest absolute Gasteiger partial charge is 0.348 e. The molecule has 5 heteroatoms. The van der Waals surface area contributed by atoms with Crippen LogP contribution in [-0.2, 0) is 11.3 Å². The molecule has 2 aromatic carbocycles. The second-order valence-electron chi connectivity index (χ2n) is 5.67. The minimum Gasteiger partial charge on any atom is -0.348 e. The minimum absolute atomic E-state index is 0.0550. The van der Waals surface area contributed by atoms with Gasteiger partial charge in [-0.25, -0.2) is 0 Å². The molecule has 24 heavy (non-hydrogen) atoms. The number of hydrogen-bond donors (Lipinski definition) is 1. The summed E-state index contributed by atoms with van der Waals surface area (Å²) in [5, 5.41) is 3.58. The Kier molecular flexibility index (Phi) is 4.81. The number of rotatable bonds is 4. The van der Waals surface area contributed by atoms with Gasteiger partial charge in [0.05, 0.1) is 11.6 Å². The maximum absolute atomic E-state index is 12.4. The van der Waals surface area contributed by atoms with Crippen molar-refractivity contribution in [1.29, 1.82) is 0 Å². The quantitative estimate of drug-likeness (QED) is 0.746. The van der Waals surface area contributed by atoms with Crippen LogP contribution in [0.5, 0.6) is 0 Å². The molecule has 1 amide bonds. The van der Waals surface area contributed by atoms with Crippen LogP contribution in [0.2, 0.25) is 0 Å². The number of carbonyl (C=O) groups excluding carboxylic acids is 1. The van der Waals surface area contributed by atoms with Gasteiger partial charge < -0.3 is 9.88 Å². The molecule has 0 radical (unpaired) electrons. The number of halogens is 1. The van der Waals surface area contributed by atoms with E-state index in [1.165, 1.54) is 6.07 Å². The van der Waals surface area contributed by atoms with E-state index >= 15 is 0 Å². The van der Waals surface area contributed by atoms with Crippen LogP contribution in [0.1, 0.15) is 18.5 Å². The number of carbonyl (C=O) groups is 1. The summed E-state index contributed by atoms with van der Waals surface area (Å²) in [6, 6.07) is 16.7. The van der Waals surface area contributed by atoms with Crippen LogP contribution in [-0.4, -0.2) is 10.5 Å². The van der Waals surface area contributed by atoms with Gasteiger partial charge in [0.15, 0.2) is 5.43 Å². The summed E-state index contributed by atoms with van der Waals surface area (Å²) in [5.74, 6) is -0.0979. The molecule has 0 aliphatic carbocycles. The van der Waals surface area contributed by atoms with Crippen LogP contribution < -0.4 is 10.7 Å². The number of benzene rings is 2. The molecule has 122 valence electrons. The van der Waals surface area contributed by atoms with Crippen LogP contribution in [0.25, 0.3) is 10.9 Å². The Morgan fingerprint density at radius 3 is 2.67 bits per heavy atom. The molecule has 3 aromatic rings. The zero-order valence-electron chi connectivity index (χ0n) is 13.2. The van der Waals surface area contributed by atoms with Crippen molar-refractivity contribution in [3.05, 3.63) is 81.1 Å². The van der Waals surface area contributed by atoms with E-state index in [-0.39, 0.29) is 23.9 Å². The molecule has 4 nitrogen and oxygen atoms in total. The van der Waals surface area contributed by atoms with Crippen LogP contribution >= 0.6 is 15.9 Å². The molecule has 0 unspecified atom stereocenters. The number of nitrogens with zero attached hydrogens (tertiary/aromatic N) is 1. The number of hydrogen-bond acceptors (Lipinski definition) is 2. The second-order valence-corrected chi connectivity index (χ2v) is 6.58. The van der Waals surface area contributed by atoms with Crippen LogP contribution in [0.15, 0.2) is 70.1 Å². The zero-order valence-corrected chi connectivity index (χ0v) is 14.8. The van der Waals surface area contributed by atoms with Crippen molar-refractivity contribution in [2.24, 2.45) is 0 Å². The molecule has 0 saturated heterocycles. The number of fused-ring (bicyclic) bond motifs is 1. The highest BCUT2D eigenvalue weighted by atomic mass is 79.9. The molecule has 0 aliphatic rings. The molecule has 1 atom stereocenters. The van der Waals surface area contributed by atoms with Gasteiger partial charge >= 0.3 is 0 Å². The van der Waals surface area contributed by atoms with Gasteiger partial charge in [-0.3, -0.25) is 9.59 Å². The summed E-state index contributed by atoms with van der Waals surface area (Å²) in [7, 11) is 0. The molecule has 0 saturated carbocycles. The Morgan fingerprint density at radius 2 is 1.92 bits per heavy atom.